The lowest BCUT2D eigenvalue weighted by atomic mass is 10.1. The van der Waals surface area contributed by atoms with Gasteiger partial charge in [-0.25, -0.2) is 10.0 Å². The lowest BCUT2D eigenvalue weighted by molar-refractivity contribution is -0.117. The molecule has 0 bridgehead atoms. The Morgan fingerprint density at radius 2 is 2.04 bits per heavy atom. The number of amidine groups is 1. The van der Waals surface area contributed by atoms with Crippen molar-refractivity contribution in [1.82, 2.24) is 10.4 Å². The molecule has 0 radical (unpaired) electrons. The SMILES string of the molecule is CCCCCC1=Nc2cnc3ccccc3c2N(C(C)=O)N1.Cl. The predicted molar refractivity (Wildman–Crippen MR) is 96.5 cm³/mol. The molecule has 1 aliphatic rings. The molecule has 1 aromatic carbocycles. The van der Waals surface area contributed by atoms with E-state index in [2.05, 4.69) is 22.3 Å². The standard InChI is InChI=1S/C17H20N4O.ClH/c1-3-4-5-10-16-19-15-11-18-14-9-7-6-8-13(14)17(15)21(20-16)12(2)22;/h6-9,11H,3-5,10H2,1-2H3,(H,19,20);1H. The molecule has 0 unspecified atom stereocenters. The maximum absolute atomic E-state index is 12.1. The van der Waals surface area contributed by atoms with E-state index < -0.39 is 0 Å². The number of benzene rings is 1. The molecule has 0 spiro atoms. The number of rotatable bonds is 4. The molecule has 2 aromatic rings. The van der Waals surface area contributed by atoms with Gasteiger partial charge in [-0.05, 0) is 12.5 Å². The Bertz CT molecular complexity index is 744. The summed E-state index contributed by atoms with van der Waals surface area (Å²) < 4.78 is 0. The van der Waals surface area contributed by atoms with Crippen LogP contribution in [0.1, 0.15) is 39.5 Å². The van der Waals surface area contributed by atoms with Crippen LogP contribution in [0.2, 0.25) is 0 Å². The average molecular weight is 333 g/mol. The summed E-state index contributed by atoms with van der Waals surface area (Å²) in [5, 5.41) is 2.52. The molecule has 0 fully saturated rings. The number of unbranched alkanes of at least 4 members (excludes halogenated alkanes) is 2. The maximum atomic E-state index is 12.1. The first-order valence-electron chi connectivity index (χ1n) is 7.73. The minimum absolute atomic E-state index is 0. The number of hydrogen-bond acceptors (Lipinski definition) is 4. The molecule has 5 nitrogen and oxygen atoms in total. The van der Waals surface area contributed by atoms with Gasteiger partial charge in [0.1, 0.15) is 17.2 Å². The molecule has 1 N–H and O–H groups in total. The quantitative estimate of drug-likeness (QED) is 0.856. The second-order valence-corrected chi connectivity index (χ2v) is 5.49. The Kier molecular flexibility index (Phi) is 5.55. The smallest absolute Gasteiger partial charge is 0.242 e. The van der Waals surface area contributed by atoms with Crippen molar-refractivity contribution in [2.45, 2.75) is 39.5 Å². The van der Waals surface area contributed by atoms with Crippen LogP contribution in [0.15, 0.2) is 35.5 Å². The summed E-state index contributed by atoms with van der Waals surface area (Å²) in [5.74, 6) is 0.772. The Morgan fingerprint density at radius 3 is 2.78 bits per heavy atom. The Hall–Kier alpha value is -2.14. The van der Waals surface area contributed by atoms with Crippen molar-refractivity contribution < 1.29 is 4.79 Å². The first-order valence-corrected chi connectivity index (χ1v) is 7.73. The molecule has 0 saturated heterocycles. The van der Waals surface area contributed by atoms with E-state index in [1.54, 1.807) is 18.1 Å². The molecule has 1 aromatic heterocycles. The summed E-state index contributed by atoms with van der Waals surface area (Å²) in [6, 6.07) is 7.80. The number of hydrogen-bond donors (Lipinski definition) is 1. The zero-order valence-electron chi connectivity index (χ0n) is 13.4. The van der Waals surface area contributed by atoms with Gasteiger partial charge in [-0.1, -0.05) is 38.0 Å². The van der Waals surface area contributed by atoms with Gasteiger partial charge in [0.25, 0.3) is 0 Å². The number of aromatic nitrogens is 1. The molecule has 1 amide bonds. The summed E-state index contributed by atoms with van der Waals surface area (Å²) in [4.78, 5) is 21.2. The van der Waals surface area contributed by atoms with E-state index in [1.807, 2.05) is 24.3 Å². The van der Waals surface area contributed by atoms with Crippen molar-refractivity contribution >= 4 is 46.4 Å². The van der Waals surface area contributed by atoms with Crippen LogP contribution in [0.5, 0.6) is 0 Å². The number of nitrogens with one attached hydrogen (secondary N) is 1. The van der Waals surface area contributed by atoms with Gasteiger partial charge in [-0.15, -0.1) is 12.4 Å². The van der Waals surface area contributed by atoms with E-state index in [4.69, 9.17) is 0 Å². The monoisotopic (exact) mass is 332 g/mol. The zero-order chi connectivity index (χ0) is 15.5. The summed E-state index contributed by atoms with van der Waals surface area (Å²) in [5.41, 5.74) is 5.56. The molecule has 6 heteroatoms. The van der Waals surface area contributed by atoms with Gasteiger partial charge in [-0.3, -0.25) is 15.2 Å². The average Bonchev–Trinajstić information content (AvgIpc) is 2.54. The fourth-order valence-corrected chi connectivity index (χ4v) is 2.68. The minimum atomic E-state index is -0.0551. The Balaban J connectivity index is 0.00000192. The lowest BCUT2D eigenvalue weighted by Crippen LogP contribution is -2.47. The summed E-state index contributed by atoms with van der Waals surface area (Å²) >= 11 is 0. The van der Waals surface area contributed by atoms with Crippen LogP contribution in [-0.4, -0.2) is 16.7 Å². The molecule has 2 heterocycles. The van der Waals surface area contributed by atoms with Crippen LogP contribution < -0.4 is 10.4 Å². The third-order valence-electron chi connectivity index (χ3n) is 3.78. The Labute approximate surface area is 142 Å². The van der Waals surface area contributed by atoms with Gasteiger partial charge in [0.2, 0.25) is 5.91 Å². The molecule has 23 heavy (non-hydrogen) atoms. The van der Waals surface area contributed by atoms with Gasteiger partial charge in [0.15, 0.2) is 0 Å². The van der Waals surface area contributed by atoms with Gasteiger partial charge in [0.05, 0.1) is 11.7 Å². The maximum Gasteiger partial charge on any atom is 0.242 e. The number of aliphatic imine (C=N–C) groups is 1. The van der Waals surface area contributed by atoms with Crippen LogP contribution in [-0.2, 0) is 4.79 Å². The number of para-hydroxylation sites is 1. The third-order valence-corrected chi connectivity index (χ3v) is 3.78. The van der Waals surface area contributed by atoms with E-state index >= 15 is 0 Å². The zero-order valence-corrected chi connectivity index (χ0v) is 14.2. The molecular weight excluding hydrogens is 312 g/mol. The topological polar surface area (TPSA) is 57.6 Å². The Morgan fingerprint density at radius 1 is 1.26 bits per heavy atom. The lowest BCUT2D eigenvalue weighted by Gasteiger charge is -2.30. The summed E-state index contributed by atoms with van der Waals surface area (Å²) in [6.45, 7) is 3.73. The van der Waals surface area contributed by atoms with E-state index in [0.29, 0.717) is 0 Å². The number of fused-ring (bicyclic) bond motifs is 3. The highest BCUT2D eigenvalue weighted by Gasteiger charge is 2.24. The molecule has 3 rings (SSSR count). The number of anilines is 1. The highest BCUT2D eigenvalue weighted by atomic mass is 35.5. The van der Waals surface area contributed by atoms with E-state index in [9.17, 15) is 4.79 Å². The molecular formula is C17H21ClN4O. The number of pyridine rings is 1. The number of amides is 1. The van der Waals surface area contributed by atoms with Gasteiger partial charge >= 0.3 is 0 Å². The molecule has 1 aliphatic heterocycles. The fraction of sp³-hybridized carbons (Fsp3) is 0.353. The van der Waals surface area contributed by atoms with Crippen molar-refractivity contribution in [3.05, 3.63) is 30.5 Å². The van der Waals surface area contributed by atoms with Gasteiger partial charge in [-0.2, -0.15) is 0 Å². The van der Waals surface area contributed by atoms with Crippen molar-refractivity contribution in [3.8, 4) is 0 Å². The van der Waals surface area contributed by atoms with E-state index in [-0.39, 0.29) is 18.3 Å². The highest BCUT2D eigenvalue weighted by molar-refractivity contribution is 6.10. The molecule has 0 atom stereocenters. The summed E-state index contributed by atoms with van der Waals surface area (Å²) in [6.07, 6.45) is 5.96. The van der Waals surface area contributed by atoms with Crippen molar-refractivity contribution in [1.29, 1.82) is 0 Å². The molecule has 0 aliphatic carbocycles. The second-order valence-electron chi connectivity index (χ2n) is 5.49. The first kappa shape index (κ1) is 17.2. The largest absolute Gasteiger partial charge is 0.278 e. The van der Waals surface area contributed by atoms with Crippen molar-refractivity contribution in [3.63, 3.8) is 0 Å². The number of carbonyl (C=O) groups excluding carboxylic acids is 1. The van der Waals surface area contributed by atoms with Crippen LogP contribution in [0, 0.1) is 0 Å². The van der Waals surface area contributed by atoms with Crippen LogP contribution in [0.25, 0.3) is 10.9 Å². The highest BCUT2D eigenvalue weighted by Crippen LogP contribution is 2.36. The predicted octanol–water partition coefficient (Wildman–Crippen LogP) is 4.14. The van der Waals surface area contributed by atoms with E-state index in [1.165, 1.54) is 0 Å². The van der Waals surface area contributed by atoms with Gasteiger partial charge in [0, 0.05) is 18.7 Å². The fourth-order valence-electron chi connectivity index (χ4n) is 2.68. The van der Waals surface area contributed by atoms with Crippen LogP contribution in [0.4, 0.5) is 11.4 Å². The second kappa shape index (κ2) is 7.42. The number of nitrogens with zero attached hydrogens (tertiary/aromatic N) is 3. The van der Waals surface area contributed by atoms with Crippen molar-refractivity contribution in [2.75, 3.05) is 5.01 Å². The number of carbonyl (C=O) groups is 1. The van der Waals surface area contributed by atoms with Gasteiger partial charge < -0.3 is 0 Å². The number of halogens is 1. The normalized spacial score (nSPS) is 13.0. The minimum Gasteiger partial charge on any atom is -0.278 e. The third kappa shape index (κ3) is 3.45. The first-order chi connectivity index (χ1) is 10.7. The van der Waals surface area contributed by atoms with Crippen molar-refractivity contribution in [2.24, 2.45) is 4.99 Å². The van der Waals surface area contributed by atoms with Crippen LogP contribution >= 0.6 is 12.4 Å². The van der Waals surface area contributed by atoms with Crippen LogP contribution in [0.3, 0.4) is 0 Å². The van der Waals surface area contributed by atoms with E-state index in [0.717, 1.165) is 53.8 Å². The molecule has 122 valence electrons. The molecule has 0 saturated carbocycles. The number of hydrazine groups is 1. The summed E-state index contributed by atoms with van der Waals surface area (Å²) in [7, 11) is 0.